The van der Waals surface area contributed by atoms with Gasteiger partial charge in [0.15, 0.2) is 5.84 Å². The summed E-state index contributed by atoms with van der Waals surface area (Å²) in [7, 11) is 0. The van der Waals surface area contributed by atoms with Gasteiger partial charge in [-0.15, -0.1) is 0 Å². The molecule has 0 spiro atoms. The lowest BCUT2D eigenvalue weighted by Gasteiger charge is -2.03. The summed E-state index contributed by atoms with van der Waals surface area (Å²) >= 11 is 0. The second-order valence-corrected chi connectivity index (χ2v) is 2.49. The van der Waals surface area contributed by atoms with E-state index in [0.717, 1.165) is 6.54 Å². The second kappa shape index (κ2) is 4.71. The number of amidine groups is 1. The Morgan fingerprint density at radius 3 is 3.17 bits per heavy atom. The van der Waals surface area contributed by atoms with Crippen LogP contribution in [0.3, 0.4) is 0 Å². The largest absolute Gasteiger partial charge is 0.396 e. The molecule has 1 rings (SSSR count). The number of hydrogen-bond acceptors (Lipinski definition) is 4. The number of aliphatic hydroxyl groups excluding tert-OH is 1. The highest BCUT2D eigenvalue weighted by Crippen LogP contribution is 1.85. The van der Waals surface area contributed by atoms with Crippen LogP contribution in [0.2, 0.25) is 0 Å². The molecule has 1 heterocycles. The molecule has 0 aliphatic carbocycles. The van der Waals surface area contributed by atoms with E-state index in [0.29, 0.717) is 25.3 Å². The number of carbonyl (C=O) groups excluding carboxylic acids is 1. The quantitative estimate of drug-likeness (QED) is 0.450. The van der Waals surface area contributed by atoms with Crippen molar-refractivity contribution in [2.45, 2.75) is 6.42 Å². The predicted molar refractivity (Wildman–Crippen MR) is 45.0 cm³/mol. The lowest BCUT2D eigenvalue weighted by Crippen LogP contribution is -2.38. The molecule has 12 heavy (non-hydrogen) atoms. The van der Waals surface area contributed by atoms with Crippen LogP contribution in [-0.2, 0) is 4.79 Å². The van der Waals surface area contributed by atoms with Crippen LogP contribution >= 0.6 is 0 Å². The van der Waals surface area contributed by atoms with E-state index in [9.17, 15) is 4.79 Å². The molecule has 1 aliphatic rings. The van der Waals surface area contributed by atoms with Gasteiger partial charge < -0.3 is 15.7 Å². The number of nitrogens with one attached hydrogen (secondary N) is 2. The summed E-state index contributed by atoms with van der Waals surface area (Å²) in [5, 5.41) is 13.9. The van der Waals surface area contributed by atoms with E-state index in [4.69, 9.17) is 5.11 Å². The third-order valence-corrected chi connectivity index (χ3v) is 1.51. The zero-order chi connectivity index (χ0) is 8.81. The standard InChI is InChI=1S/C7H13N3O2/c11-5-1-2-10-7(12)6-8-3-4-9-6/h11H,1-5H2,(H,8,9)(H,10,12). The second-order valence-electron chi connectivity index (χ2n) is 2.49. The van der Waals surface area contributed by atoms with Gasteiger partial charge in [-0.25, -0.2) is 0 Å². The lowest BCUT2D eigenvalue weighted by atomic mass is 10.4. The average Bonchev–Trinajstić information content (AvgIpc) is 2.56. The molecule has 5 heteroatoms. The predicted octanol–water partition coefficient (Wildman–Crippen LogP) is -1.51. The number of aliphatic imine (C=N–C) groups is 1. The van der Waals surface area contributed by atoms with Gasteiger partial charge >= 0.3 is 0 Å². The lowest BCUT2D eigenvalue weighted by molar-refractivity contribution is -0.115. The Morgan fingerprint density at radius 1 is 1.75 bits per heavy atom. The minimum absolute atomic E-state index is 0.0974. The smallest absolute Gasteiger partial charge is 0.286 e. The van der Waals surface area contributed by atoms with Gasteiger partial charge in [0, 0.05) is 19.7 Å². The van der Waals surface area contributed by atoms with E-state index in [-0.39, 0.29) is 12.5 Å². The molecule has 0 aromatic rings. The van der Waals surface area contributed by atoms with Crippen LogP contribution < -0.4 is 10.6 Å². The molecule has 0 unspecified atom stereocenters. The van der Waals surface area contributed by atoms with Crippen LogP contribution in [0.5, 0.6) is 0 Å². The number of rotatable bonds is 4. The fourth-order valence-electron chi connectivity index (χ4n) is 0.915. The van der Waals surface area contributed by atoms with E-state index >= 15 is 0 Å². The molecule has 0 aromatic heterocycles. The van der Waals surface area contributed by atoms with Gasteiger partial charge in [-0.3, -0.25) is 9.79 Å². The molecule has 1 aliphatic heterocycles. The van der Waals surface area contributed by atoms with Crippen LogP contribution in [0.4, 0.5) is 0 Å². The van der Waals surface area contributed by atoms with Crippen LogP contribution in [0, 0.1) is 0 Å². The van der Waals surface area contributed by atoms with E-state index in [1.165, 1.54) is 0 Å². The van der Waals surface area contributed by atoms with E-state index < -0.39 is 0 Å². The van der Waals surface area contributed by atoms with Crippen molar-refractivity contribution in [3.63, 3.8) is 0 Å². The van der Waals surface area contributed by atoms with Crippen molar-refractivity contribution >= 4 is 11.7 Å². The highest BCUT2D eigenvalue weighted by Gasteiger charge is 2.12. The van der Waals surface area contributed by atoms with Crippen molar-refractivity contribution in [2.24, 2.45) is 4.99 Å². The number of aliphatic hydroxyl groups is 1. The zero-order valence-corrected chi connectivity index (χ0v) is 6.84. The fraction of sp³-hybridized carbons (Fsp3) is 0.714. The third-order valence-electron chi connectivity index (χ3n) is 1.51. The van der Waals surface area contributed by atoms with E-state index in [2.05, 4.69) is 15.6 Å². The molecule has 1 amide bonds. The topological polar surface area (TPSA) is 73.7 Å². The van der Waals surface area contributed by atoms with Gasteiger partial charge in [-0.1, -0.05) is 0 Å². The van der Waals surface area contributed by atoms with Crippen LogP contribution in [0.1, 0.15) is 6.42 Å². The molecule has 0 radical (unpaired) electrons. The fourth-order valence-corrected chi connectivity index (χ4v) is 0.915. The Labute approximate surface area is 70.9 Å². The Balaban J connectivity index is 2.19. The van der Waals surface area contributed by atoms with Crippen LogP contribution in [-0.4, -0.2) is 43.1 Å². The molecule has 0 fully saturated rings. The van der Waals surface area contributed by atoms with Crippen LogP contribution in [0.25, 0.3) is 0 Å². The minimum atomic E-state index is -0.180. The van der Waals surface area contributed by atoms with Crippen molar-refractivity contribution < 1.29 is 9.90 Å². The van der Waals surface area contributed by atoms with Crippen molar-refractivity contribution in [2.75, 3.05) is 26.2 Å². The van der Waals surface area contributed by atoms with Crippen molar-refractivity contribution in [3.05, 3.63) is 0 Å². The number of hydrogen-bond donors (Lipinski definition) is 3. The summed E-state index contributed by atoms with van der Waals surface area (Å²) in [6.07, 6.45) is 0.582. The van der Waals surface area contributed by atoms with Crippen molar-refractivity contribution in [1.82, 2.24) is 10.6 Å². The SMILES string of the molecule is O=C(NCCCO)C1=NCCN1. The number of nitrogens with zero attached hydrogens (tertiary/aromatic N) is 1. The molecule has 0 bridgehead atoms. The summed E-state index contributed by atoms with van der Waals surface area (Å²) < 4.78 is 0. The van der Waals surface area contributed by atoms with Crippen LogP contribution in [0.15, 0.2) is 4.99 Å². The van der Waals surface area contributed by atoms with Gasteiger partial charge in [0.05, 0.1) is 6.54 Å². The van der Waals surface area contributed by atoms with Crippen molar-refractivity contribution in [3.8, 4) is 0 Å². The molecule has 68 valence electrons. The molecule has 0 atom stereocenters. The van der Waals surface area contributed by atoms with E-state index in [1.807, 2.05) is 0 Å². The summed E-state index contributed by atoms with van der Waals surface area (Å²) in [6.45, 7) is 2.00. The zero-order valence-electron chi connectivity index (χ0n) is 6.84. The first-order valence-corrected chi connectivity index (χ1v) is 4.02. The Bertz CT molecular complexity index is 191. The first-order chi connectivity index (χ1) is 5.84. The summed E-state index contributed by atoms with van der Waals surface area (Å²) in [5.41, 5.74) is 0. The summed E-state index contributed by atoms with van der Waals surface area (Å²) in [5.74, 6) is 0.230. The normalized spacial score (nSPS) is 15.2. The third kappa shape index (κ3) is 2.50. The molecule has 0 saturated heterocycles. The highest BCUT2D eigenvalue weighted by molar-refractivity contribution is 6.38. The monoisotopic (exact) mass is 171 g/mol. The van der Waals surface area contributed by atoms with Crippen molar-refractivity contribution in [1.29, 1.82) is 0 Å². The number of carbonyl (C=O) groups is 1. The van der Waals surface area contributed by atoms with Gasteiger partial charge in [-0.05, 0) is 6.42 Å². The van der Waals surface area contributed by atoms with Gasteiger partial charge in [-0.2, -0.15) is 0 Å². The maximum atomic E-state index is 11.1. The Kier molecular flexibility index (Phi) is 3.53. The molecule has 3 N–H and O–H groups in total. The summed E-state index contributed by atoms with van der Waals surface area (Å²) in [4.78, 5) is 15.1. The Hall–Kier alpha value is -1.10. The molecular formula is C7H13N3O2. The molecule has 0 aromatic carbocycles. The van der Waals surface area contributed by atoms with Gasteiger partial charge in [0.1, 0.15) is 0 Å². The Morgan fingerprint density at radius 2 is 2.58 bits per heavy atom. The highest BCUT2D eigenvalue weighted by atomic mass is 16.3. The van der Waals surface area contributed by atoms with Gasteiger partial charge in [0.25, 0.3) is 5.91 Å². The number of amides is 1. The maximum Gasteiger partial charge on any atom is 0.286 e. The average molecular weight is 171 g/mol. The van der Waals surface area contributed by atoms with E-state index in [1.54, 1.807) is 0 Å². The molecule has 5 nitrogen and oxygen atoms in total. The first-order valence-electron chi connectivity index (χ1n) is 4.02. The first kappa shape index (κ1) is 8.99. The molecule has 0 saturated carbocycles. The molecular weight excluding hydrogens is 158 g/mol. The maximum absolute atomic E-state index is 11.1. The van der Waals surface area contributed by atoms with Gasteiger partial charge in [0.2, 0.25) is 0 Å². The summed E-state index contributed by atoms with van der Waals surface area (Å²) in [6, 6.07) is 0. The minimum Gasteiger partial charge on any atom is -0.396 e.